The van der Waals surface area contributed by atoms with Crippen LogP contribution in [0.3, 0.4) is 0 Å². The molecule has 136 valence electrons. The molecule has 3 aliphatic rings. The highest BCUT2D eigenvalue weighted by atomic mass is 16.7. The van der Waals surface area contributed by atoms with Crippen LogP contribution in [0, 0.1) is 0 Å². The Morgan fingerprint density at radius 2 is 1.84 bits per heavy atom. The van der Waals surface area contributed by atoms with E-state index in [9.17, 15) is 4.79 Å². The van der Waals surface area contributed by atoms with E-state index in [-0.39, 0.29) is 11.9 Å². The van der Waals surface area contributed by atoms with Crippen LogP contribution in [0.5, 0.6) is 0 Å². The van der Waals surface area contributed by atoms with Crippen molar-refractivity contribution in [1.82, 2.24) is 10.2 Å². The maximum absolute atomic E-state index is 12.6. The van der Waals surface area contributed by atoms with Crippen molar-refractivity contribution in [3.05, 3.63) is 35.4 Å². The number of nitrogens with one attached hydrogen (secondary N) is 1. The van der Waals surface area contributed by atoms with Gasteiger partial charge in [0.1, 0.15) is 0 Å². The summed E-state index contributed by atoms with van der Waals surface area (Å²) < 4.78 is 11.6. The van der Waals surface area contributed by atoms with Gasteiger partial charge in [-0.3, -0.25) is 9.69 Å². The molecule has 1 aromatic carbocycles. The third kappa shape index (κ3) is 4.05. The standard InChI is InChI=1S/C20H28N2O3/c23-19(21-18-4-3-9-20(14-18)24-12-13-25-20)17-7-5-16(6-8-17)15-22-10-1-2-11-22/h5-8,18H,1-4,9-15H2,(H,21,23)/t18-/m1/s1. The fourth-order valence-corrected chi connectivity index (χ4v) is 4.31. The van der Waals surface area contributed by atoms with Crippen LogP contribution in [0.15, 0.2) is 24.3 Å². The lowest BCUT2D eigenvalue weighted by molar-refractivity contribution is -0.181. The summed E-state index contributed by atoms with van der Waals surface area (Å²) in [5.41, 5.74) is 2.01. The minimum atomic E-state index is -0.449. The Bertz CT molecular complexity index is 589. The van der Waals surface area contributed by atoms with Crippen LogP contribution in [0.25, 0.3) is 0 Å². The van der Waals surface area contributed by atoms with E-state index in [1.807, 2.05) is 12.1 Å². The van der Waals surface area contributed by atoms with Crippen LogP contribution in [0.2, 0.25) is 0 Å². The molecule has 1 saturated carbocycles. The molecule has 0 unspecified atom stereocenters. The van der Waals surface area contributed by atoms with Crippen molar-refractivity contribution >= 4 is 5.91 Å². The average molecular weight is 344 g/mol. The van der Waals surface area contributed by atoms with Gasteiger partial charge in [0.15, 0.2) is 5.79 Å². The van der Waals surface area contributed by atoms with Crippen LogP contribution in [-0.4, -0.2) is 48.9 Å². The second-order valence-corrected chi connectivity index (χ2v) is 7.55. The van der Waals surface area contributed by atoms with Crippen molar-refractivity contribution < 1.29 is 14.3 Å². The predicted molar refractivity (Wildman–Crippen MR) is 95.3 cm³/mol. The second-order valence-electron chi connectivity index (χ2n) is 7.55. The van der Waals surface area contributed by atoms with Gasteiger partial charge in [-0.25, -0.2) is 0 Å². The molecule has 2 saturated heterocycles. The van der Waals surface area contributed by atoms with Crippen molar-refractivity contribution in [2.45, 2.75) is 56.9 Å². The first-order chi connectivity index (χ1) is 12.2. The summed E-state index contributed by atoms with van der Waals surface area (Å²) in [6.07, 6.45) is 6.32. The molecule has 0 radical (unpaired) electrons. The number of rotatable bonds is 4. The van der Waals surface area contributed by atoms with Crippen LogP contribution in [0.4, 0.5) is 0 Å². The molecule has 3 fully saturated rings. The first-order valence-corrected chi connectivity index (χ1v) is 9.63. The number of hydrogen-bond acceptors (Lipinski definition) is 4. The molecule has 2 heterocycles. The zero-order valence-electron chi connectivity index (χ0n) is 14.8. The summed E-state index contributed by atoms with van der Waals surface area (Å²) >= 11 is 0. The monoisotopic (exact) mass is 344 g/mol. The molecular formula is C20H28N2O3. The van der Waals surface area contributed by atoms with Crippen molar-refractivity contribution in [2.24, 2.45) is 0 Å². The highest BCUT2D eigenvalue weighted by Crippen LogP contribution is 2.35. The predicted octanol–water partition coefficient (Wildman–Crippen LogP) is 2.70. The van der Waals surface area contributed by atoms with Gasteiger partial charge in [-0.2, -0.15) is 0 Å². The lowest BCUT2D eigenvalue weighted by atomic mass is 9.89. The largest absolute Gasteiger partial charge is 0.349 e. The van der Waals surface area contributed by atoms with Crippen LogP contribution < -0.4 is 5.32 Å². The Kier molecular flexibility index (Phi) is 5.06. The maximum atomic E-state index is 12.6. The summed E-state index contributed by atoms with van der Waals surface area (Å²) in [5, 5.41) is 3.17. The van der Waals surface area contributed by atoms with Crippen molar-refractivity contribution in [3.8, 4) is 0 Å². The molecule has 25 heavy (non-hydrogen) atoms. The molecule has 1 amide bonds. The Hall–Kier alpha value is -1.43. The second kappa shape index (κ2) is 7.44. The molecule has 1 spiro atoms. The van der Waals surface area contributed by atoms with E-state index in [1.54, 1.807) is 0 Å². The third-order valence-corrected chi connectivity index (χ3v) is 5.64. The zero-order valence-corrected chi connectivity index (χ0v) is 14.8. The fraction of sp³-hybridized carbons (Fsp3) is 0.650. The molecule has 1 N–H and O–H groups in total. The van der Waals surface area contributed by atoms with Crippen LogP contribution in [0.1, 0.15) is 54.4 Å². The Morgan fingerprint density at radius 3 is 2.56 bits per heavy atom. The van der Waals surface area contributed by atoms with Crippen molar-refractivity contribution in [3.63, 3.8) is 0 Å². The van der Waals surface area contributed by atoms with Gasteiger partial charge in [0.25, 0.3) is 5.91 Å². The fourth-order valence-electron chi connectivity index (χ4n) is 4.31. The molecule has 1 atom stereocenters. The van der Waals surface area contributed by atoms with E-state index in [2.05, 4.69) is 22.3 Å². The van der Waals surface area contributed by atoms with Crippen LogP contribution in [-0.2, 0) is 16.0 Å². The van der Waals surface area contributed by atoms with E-state index in [0.29, 0.717) is 13.2 Å². The van der Waals surface area contributed by atoms with Gasteiger partial charge < -0.3 is 14.8 Å². The van der Waals surface area contributed by atoms with Gasteiger partial charge in [-0.05, 0) is 56.5 Å². The molecule has 1 aromatic rings. The lowest BCUT2D eigenvalue weighted by Gasteiger charge is -2.36. The number of likely N-dealkylation sites (tertiary alicyclic amines) is 1. The maximum Gasteiger partial charge on any atom is 0.251 e. The van der Waals surface area contributed by atoms with E-state index in [4.69, 9.17) is 9.47 Å². The number of carbonyl (C=O) groups excluding carboxylic acids is 1. The zero-order chi connectivity index (χ0) is 17.1. The Labute approximate surface area is 149 Å². The lowest BCUT2D eigenvalue weighted by Crippen LogP contribution is -2.46. The molecular weight excluding hydrogens is 316 g/mol. The minimum absolute atomic E-state index is 0.00719. The van der Waals surface area contributed by atoms with Crippen molar-refractivity contribution in [2.75, 3.05) is 26.3 Å². The van der Waals surface area contributed by atoms with E-state index < -0.39 is 5.79 Å². The van der Waals surface area contributed by atoms with Gasteiger partial charge >= 0.3 is 0 Å². The molecule has 0 bridgehead atoms. The quantitative estimate of drug-likeness (QED) is 0.912. The van der Waals surface area contributed by atoms with Crippen molar-refractivity contribution in [1.29, 1.82) is 0 Å². The normalized spacial score (nSPS) is 26.2. The van der Waals surface area contributed by atoms with Crippen LogP contribution >= 0.6 is 0 Å². The molecule has 5 nitrogen and oxygen atoms in total. The Balaban J connectivity index is 1.32. The summed E-state index contributed by atoms with van der Waals surface area (Å²) in [5.74, 6) is -0.441. The topological polar surface area (TPSA) is 50.8 Å². The first-order valence-electron chi connectivity index (χ1n) is 9.63. The number of carbonyl (C=O) groups is 1. The summed E-state index contributed by atoms with van der Waals surface area (Å²) in [6, 6.07) is 8.19. The van der Waals surface area contributed by atoms with E-state index in [1.165, 1.54) is 31.5 Å². The van der Waals surface area contributed by atoms with E-state index >= 15 is 0 Å². The van der Waals surface area contributed by atoms with Gasteiger partial charge in [0.05, 0.1) is 13.2 Å². The third-order valence-electron chi connectivity index (χ3n) is 5.64. The number of amides is 1. The molecule has 4 rings (SSSR count). The van der Waals surface area contributed by atoms with Gasteiger partial charge in [-0.1, -0.05) is 12.1 Å². The van der Waals surface area contributed by atoms with Gasteiger partial charge in [-0.15, -0.1) is 0 Å². The number of hydrogen-bond donors (Lipinski definition) is 1. The Morgan fingerprint density at radius 1 is 1.12 bits per heavy atom. The average Bonchev–Trinajstić information content (AvgIpc) is 3.28. The molecule has 5 heteroatoms. The highest BCUT2D eigenvalue weighted by Gasteiger charge is 2.41. The van der Waals surface area contributed by atoms with Gasteiger partial charge in [0.2, 0.25) is 0 Å². The molecule has 0 aromatic heterocycles. The molecule has 2 aliphatic heterocycles. The molecule has 1 aliphatic carbocycles. The minimum Gasteiger partial charge on any atom is -0.349 e. The number of benzene rings is 1. The summed E-state index contributed by atoms with van der Waals surface area (Å²) in [6.45, 7) is 4.70. The SMILES string of the molecule is O=C(N[C@@H]1CCCC2(C1)OCCO2)c1ccc(CN2CCCC2)cc1. The summed E-state index contributed by atoms with van der Waals surface area (Å²) in [4.78, 5) is 15.0. The number of nitrogens with zero attached hydrogens (tertiary/aromatic N) is 1. The summed E-state index contributed by atoms with van der Waals surface area (Å²) in [7, 11) is 0. The first kappa shape index (κ1) is 17.0. The highest BCUT2D eigenvalue weighted by molar-refractivity contribution is 5.94. The number of ether oxygens (including phenoxy) is 2. The smallest absolute Gasteiger partial charge is 0.251 e. The van der Waals surface area contributed by atoms with Gasteiger partial charge in [0, 0.05) is 31.0 Å². The van der Waals surface area contributed by atoms with E-state index in [0.717, 1.165) is 37.8 Å².